The van der Waals surface area contributed by atoms with Gasteiger partial charge in [0.05, 0.1) is 25.4 Å². The molecule has 422 valence electrons. The monoisotopic (exact) mass is 1010 g/mol. The number of aliphatic hydroxyl groups excluding tert-OH is 2. The van der Waals surface area contributed by atoms with Crippen molar-refractivity contribution in [2.75, 3.05) is 13.2 Å². The Morgan fingerprint density at radius 3 is 1.08 bits per heavy atom. The molecule has 1 amide bonds. The van der Waals surface area contributed by atoms with Crippen molar-refractivity contribution in [3.8, 4) is 0 Å². The summed E-state index contributed by atoms with van der Waals surface area (Å²) in [4.78, 5) is 24.5. The van der Waals surface area contributed by atoms with E-state index in [-0.39, 0.29) is 18.5 Å². The van der Waals surface area contributed by atoms with Gasteiger partial charge < -0.3 is 20.3 Å². The van der Waals surface area contributed by atoms with Gasteiger partial charge in [-0.3, -0.25) is 9.59 Å². The maximum Gasteiger partial charge on any atom is 0.305 e. The molecule has 0 bridgehead atoms. The topological polar surface area (TPSA) is 95.9 Å². The number of nitrogens with one attached hydrogen (secondary N) is 1. The summed E-state index contributed by atoms with van der Waals surface area (Å²) in [6.45, 7) is 4.92. The van der Waals surface area contributed by atoms with E-state index in [2.05, 4.69) is 67.8 Å². The van der Waals surface area contributed by atoms with E-state index in [4.69, 9.17) is 4.74 Å². The van der Waals surface area contributed by atoms with Crippen LogP contribution in [0.15, 0.2) is 48.6 Å². The minimum Gasteiger partial charge on any atom is -0.466 e. The van der Waals surface area contributed by atoms with E-state index in [9.17, 15) is 19.8 Å². The zero-order chi connectivity index (χ0) is 52.2. The maximum absolute atomic E-state index is 12.5. The molecular formula is C66H123NO5. The first-order valence-corrected chi connectivity index (χ1v) is 31.9. The number of aliphatic hydroxyl groups is 2. The van der Waals surface area contributed by atoms with Gasteiger partial charge in [-0.1, -0.05) is 281 Å². The number of rotatable bonds is 59. The molecule has 0 heterocycles. The molecular weight excluding hydrogens is 887 g/mol. The molecule has 0 saturated heterocycles. The zero-order valence-electron chi connectivity index (χ0n) is 48.2. The fourth-order valence-electron chi connectivity index (χ4n) is 9.70. The van der Waals surface area contributed by atoms with Gasteiger partial charge in [-0.25, -0.2) is 0 Å². The highest BCUT2D eigenvalue weighted by atomic mass is 16.5. The van der Waals surface area contributed by atoms with E-state index in [0.717, 1.165) is 57.8 Å². The van der Waals surface area contributed by atoms with Gasteiger partial charge in [0.1, 0.15) is 0 Å². The molecule has 6 heteroatoms. The van der Waals surface area contributed by atoms with Crippen LogP contribution in [0.3, 0.4) is 0 Å². The summed E-state index contributed by atoms with van der Waals surface area (Å²) in [6.07, 6.45) is 78.4. The lowest BCUT2D eigenvalue weighted by atomic mass is 10.0. The first-order chi connectivity index (χ1) is 35.5. The maximum atomic E-state index is 12.5. The summed E-state index contributed by atoms with van der Waals surface area (Å²) in [7, 11) is 0. The summed E-state index contributed by atoms with van der Waals surface area (Å²) in [5.74, 6) is -0.0399. The Morgan fingerprint density at radius 2 is 0.694 bits per heavy atom. The highest BCUT2D eigenvalue weighted by Gasteiger charge is 2.20. The van der Waals surface area contributed by atoms with Crippen LogP contribution in [0.2, 0.25) is 0 Å². The van der Waals surface area contributed by atoms with Crippen molar-refractivity contribution in [1.29, 1.82) is 0 Å². The number of esters is 1. The van der Waals surface area contributed by atoms with Crippen molar-refractivity contribution < 1.29 is 24.5 Å². The number of unbranched alkanes of at least 4 members (excludes halogenated alkanes) is 40. The standard InChI is InChI=1S/C66H123NO5/c1-3-5-7-9-11-13-15-17-18-28-32-36-40-44-48-52-56-60-66(71)72-61-57-53-49-45-41-37-33-30-27-25-23-21-19-20-22-24-26-29-31-35-39-43-47-51-55-59-65(70)67-63(62-68)64(69)58-54-50-46-42-38-34-16-14-12-10-8-6-4-2/h11,13,17-18,20-23,63-64,68-69H,3-10,12,14-16,19,24-62H2,1-2H3,(H,67,70)/b13-11-,18-17-,22-20-,23-21-. The average molecular weight is 1010 g/mol. The Bertz CT molecular complexity index is 1210. The van der Waals surface area contributed by atoms with Crippen molar-refractivity contribution >= 4 is 11.9 Å². The van der Waals surface area contributed by atoms with Gasteiger partial charge in [-0.2, -0.15) is 0 Å². The molecule has 0 radical (unpaired) electrons. The molecule has 0 aromatic rings. The number of carbonyl (C=O) groups is 2. The van der Waals surface area contributed by atoms with E-state index < -0.39 is 12.1 Å². The summed E-state index contributed by atoms with van der Waals surface area (Å²) in [5, 5.41) is 23.2. The average Bonchev–Trinajstić information content (AvgIpc) is 3.38. The lowest BCUT2D eigenvalue weighted by Crippen LogP contribution is -2.45. The fraction of sp³-hybridized carbons (Fsp3) is 0.848. The number of carbonyl (C=O) groups excluding carboxylic acids is 2. The lowest BCUT2D eigenvalue weighted by molar-refractivity contribution is -0.143. The molecule has 0 aliphatic heterocycles. The van der Waals surface area contributed by atoms with Crippen molar-refractivity contribution in [2.24, 2.45) is 0 Å². The highest BCUT2D eigenvalue weighted by Crippen LogP contribution is 2.17. The second-order valence-electron chi connectivity index (χ2n) is 21.7. The normalized spacial score (nSPS) is 12.9. The SMILES string of the molecule is CCCCC/C=C\C/C=C\CCCCCCCCCC(=O)OCCCCCCCCCCC/C=C\C/C=C\CCCCCCCCCCCC(=O)NC(CO)C(O)CCCCCCCCCCCCCCC. The summed E-state index contributed by atoms with van der Waals surface area (Å²) in [5.41, 5.74) is 0. The molecule has 0 fully saturated rings. The first-order valence-electron chi connectivity index (χ1n) is 31.9. The number of amides is 1. The van der Waals surface area contributed by atoms with Crippen LogP contribution >= 0.6 is 0 Å². The van der Waals surface area contributed by atoms with Gasteiger partial charge in [0.15, 0.2) is 0 Å². The third kappa shape index (κ3) is 57.1. The van der Waals surface area contributed by atoms with E-state index >= 15 is 0 Å². The molecule has 0 saturated carbocycles. The van der Waals surface area contributed by atoms with Crippen LogP contribution in [0.1, 0.15) is 335 Å². The smallest absolute Gasteiger partial charge is 0.305 e. The molecule has 2 unspecified atom stereocenters. The fourth-order valence-corrected chi connectivity index (χ4v) is 9.70. The van der Waals surface area contributed by atoms with Gasteiger partial charge >= 0.3 is 5.97 Å². The Kier molecular flexibility index (Phi) is 59.5. The van der Waals surface area contributed by atoms with Crippen LogP contribution in [0.5, 0.6) is 0 Å². The Hall–Kier alpha value is -2.18. The largest absolute Gasteiger partial charge is 0.466 e. The number of hydrogen-bond acceptors (Lipinski definition) is 5. The van der Waals surface area contributed by atoms with Gasteiger partial charge in [0, 0.05) is 12.8 Å². The quantitative estimate of drug-likeness (QED) is 0.0320. The molecule has 2 atom stereocenters. The Labute approximate surface area is 448 Å². The van der Waals surface area contributed by atoms with Gasteiger partial charge in [-0.15, -0.1) is 0 Å². The van der Waals surface area contributed by atoms with Crippen molar-refractivity contribution in [3.63, 3.8) is 0 Å². The number of allylic oxidation sites excluding steroid dienone is 8. The molecule has 0 aliphatic carbocycles. The summed E-state index contributed by atoms with van der Waals surface area (Å²) < 4.78 is 5.49. The minimum absolute atomic E-state index is 0.00105. The van der Waals surface area contributed by atoms with Crippen molar-refractivity contribution in [3.05, 3.63) is 48.6 Å². The third-order valence-electron chi connectivity index (χ3n) is 14.6. The Morgan fingerprint density at radius 1 is 0.389 bits per heavy atom. The Balaban J connectivity index is 3.43. The zero-order valence-corrected chi connectivity index (χ0v) is 48.2. The first kappa shape index (κ1) is 69.8. The van der Waals surface area contributed by atoms with Gasteiger partial charge in [-0.05, 0) is 89.9 Å². The van der Waals surface area contributed by atoms with Crippen LogP contribution in [0.4, 0.5) is 0 Å². The van der Waals surface area contributed by atoms with Crippen molar-refractivity contribution in [2.45, 2.75) is 347 Å². The van der Waals surface area contributed by atoms with Crippen LogP contribution in [-0.2, 0) is 14.3 Å². The number of ether oxygens (including phenoxy) is 1. The molecule has 0 aromatic heterocycles. The summed E-state index contributed by atoms with van der Waals surface area (Å²) >= 11 is 0. The lowest BCUT2D eigenvalue weighted by Gasteiger charge is -2.22. The van der Waals surface area contributed by atoms with Gasteiger partial charge in [0.2, 0.25) is 5.91 Å². The predicted octanol–water partition coefficient (Wildman–Crippen LogP) is 20.1. The molecule has 0 spiro atoms. The number of hydrogen-bond donors (Lipinski definition) is 3. The molecule has 0 rings (SSSR count). The minimum atomic E-state index is -0.668. The predicted molar refractivity (Wildman–Crippen MR) is 315 cm³/mol. The van der Waals surface area contributed by atoms with Crippen molar-refractivity contribution in [1.82, 2.24) is 5.32 Å². The van der Waals surface area contributed by atoms with E-state index in [1.54, 1.807) is 0 Å². The van der Waals surface area contributed by atoms with E-state index in [1.807, 2.05) is 0 Å². The van der Waals surface area contributed by atoms with Crippen LogP contribution in [0, 0.1) is 0 Å². The second kappa shape index (κ2) is 61.4. The molecule has 72 heavy (non-hydrogen) atoms. The molecule has 3 N–H and O–H groups in total. The van der Waals surface area contributed by atoms with Gasteiger partial charge in [0.25, 0.3) is 0 Å². The second-order valence-corrected chi connectivity index (χ2v) is 21.7. The van der Waals surface area contributed by atoms with Crippen LogP contribution in [-0.4, -0.2) is 47.4 Å². The van der Waals surface area contributed by atoms with E-state index in [0.29, 0.717) is 25.9 Å². The molecule has 6 nitrogen and oxygen atoms in total. The third-order valence-corrected chi connectivity index (χ3v) is 14.6. The highest BCUT2D eigenvalue weighted by molar-refractivity contribution is 5.76. The van der Waals surface area contributed by atoms with Crippen LogP contribution in [0.25, 0.3) is 0 Å². The molecule has 0 aromatic carbocycles. The molecule has 0 aliphatic rings. The van der Waals surface area contributed by atoms with E-state index in [1.165, 1.54) is 244 Å². The van der Waals surface area contributed by atoms with Crippen LogP contribution < -0.4 is 5.32 Å². The summed E-state index contributed by atoms with van der Waals surface area (Å²) in [6, 6.07) is -0.546.